The topological polar surface area (TPSA) is 20.3 Å². The lowest BCUT2D eigenvalue weighted by molar-refractivity contribution is -0.132. The number of likely N-dealkylation sites (tertiary alicyclic amines) is 1. The van der Waals surface area contributed by atoms with Gasteiger partial charge in [0.05, 0.1) is 10.0 Å². The van der Waals surface area contributed by atoms with Gasteiger partial charge in [0.15, 0.2) is 0 Å². The molecule has 1 fully saturated rings. The zero-order valence-corrected chi connectivity index (χ0v) is 12.7. The predicted octanol–water partition coefficient (Wildman–Crippen LogP) is 4.18. The first-order chi connectivity index (χ1) is 9.06. The van der Waals surface area contributed by atoms with Crippen LogP contribution < -0.4 is 0 Å². The van der Waals surface area contributed by atoms with Crippen molar-refractivity contribution in [1.29, 1.82) is 0 Å². The number of carbonyl (C=O) groups is 1. The molecule has 1 heterocycles. The maximum Gasteiger partial charge on any atom is 0.222 e. The fourth-order valence-corrected chi connectivity index (χ4v) is 2.68. The fraction of sp³-hybridized carbons (Fsp3) is 0.533. The summed E-state index contributed by atoms with van der Waals surface area (Å²) in [6.45, 7) is 4.06. The lowest BCUT2D eigenvalue weighted by Gasteiger charge is -2.30. The van der Waals surface area contributed by atoms with E-state index in [1.54, 1.807) is 6.07 Å². The molecule has 19 heavy (non-hydrogen) atoms. The van der Waals surface area contributed by atoms with E-state index in [2.05, 4.69) is 6.92 Å². The van der Waals surface area contributed by atoms with Crippen molar-refractivity contribution in [2.24, 2.45) is 5.92 Å². The summed E-state index contributed by atoms with van der Waals surface area (Å²) in [6, 6.07) is 5.56. The van der Waals surface area contributed by atoms with E-state index in [0.29, 0.717) is 16.5 Å². The van der Waals surface area contributed by atoms with Crippen molar-refractivity contribution in [3.8, 4) is 0 Å². The highest BCUT2D eigenvalue weighted by Gasteiger charge is 2.19. The van der Waals surface area contributed by atoms with Gasteiger partial charge in [0.2, 0.25) is 5.91 Å². The molecule has 1 amide bonds. The average molecular weight is 300 g/mol. The molecule has 0 saturated carbocycles. The molecule has 1 aliphatic heterocycles. The molecule has 2 rings (SSSR count). The molecular formula is C15H19Cl2NO. The minimum absolute atomic E-state index is 0.248. The number of piperidine rings is 1. The van der Waals surface area contributed by atoms with Gasteiger partial charge in [-0.05, 0) is 42.9 Å². The Morgan fingerprint density at radius 2 is 1.95 bits per heavy atom. The zero-order chi connectivity index (χ0) is 13.8. The van der Waals surface area contributed by atoms with Crippen LogP contribution in [0.3, 0.4) is 0 Å². The molecule has 4 heteroatoms. The SMILES string of the molecule is CC1CCN(C(=O)CCc2ccc(Cl)c(Cl)c2)CC1. The zero-order valence-electron chi connectivity index (χ0n) is 11.2. The van der Waals surface area contributed by atoms with E-state index >= 15 is 0 Å². The van der Waals surface area contributed by atoms with Gasteiger partial charge in [-0.1, -0.05) is 36.2 Å². The molecule has 1 saturated heterocycles. The maximum atomic E-state index is 12.1. The summed E-state index contributed by atoms with van der Waals surface area (Å²) in [5.74, 6) is 0.997. The molecule has 1 aromatic rings. The Morgan fingerprint density at radius 1 is 1.26 bits per heavy atom. The minimum atomic E-state index is 0.248. The first kappa shape index (κ1) is 14.7. The van der Waals surface area contributed by atoms with Crippen LogP contribution in [0.15, 0.2) is 18.2 Å². The summed E-state index contributed by atoms with van der Waals surface area (Å²) in [5.41, 5.74) is 1.06. The molecule has 0 radical (unpaired) electrons. The Morgan fingerprint density at radius 3 is 2.58 bits per heavy atom. The lowest BCUT2D eigenvalue weighted by atomic mass is 9.98. The molecule has 1 aromatic carbocycles. The molecule has 104 valence electrons. The lowest BCUT2D eigenvalue weighted by Crippen LogP contribution is -2.37. The summed E-state index contributed by atoms with van der Waals surface area (Å²) in [7, 11) is 0. The Bertz CT molecular complexity index is 453. The van der Waals surface area contributed by atoms with Gasteiger partial charge in [0, 0.05) is 19.5 Å². The molecule has 2 nitrogen and oxygen atoms in total. The largest absolute Gasteiger partial charge is 0.343 e. The number of amides is 1. The summed E-state index contributed by atoms with van der Waals surface area (Å²) < 4.78 is 0. The second kappa shape index (κ2) is 6.62. The highest BCUT2D eigenvalue weighted by molar-refractivity contribution is 6.42. The van der Waals surface area contributed by atoms with Crippen LogP contribution in [0.5, 0.6) is 0 Å². The van der Waals surface area contributed by atoms with Crippen LogP contribution in [0.1, 0.15) is 31.7 Å². The number of benzene rings is 1. The van der Waals surface area contributed by atoms with Crippen LogP contribution in [-0.2, 0) is 11.2 Å². The molecule has 0 spiro atoms. The van der Waals surface area contributed by atoms with Gasteiger partial charge in [0.1, 0.15) is 0 Å². The summed E-state index contributed by atoms with van der Waals surface area (Å²) in [4.78, 5) is 14.1. The van der Waals surface area contributed by atoms with E-state index in [1.165, 1.54) is 0 Å². The second-order valence-electron chi connectivity index (χ2n) is 5.31. The number of carbonyl (C=O) groups excluding carboxylic acids is 1. The molecule has 0 N–H and O–H groups in total. The quantitative estimate of drug-likeness (QED) is 0.820. The number of hydrogen-bond acceptors (Lipinski definition) is 1. The van der Waals surface area contributed by atoms with Crippen LogP contribution >= 0.6 is 23.2 Å². The van der Waals surface area contributed by atoms with Gasteiger partial charge in [-0.15, -0.1) is 0 Å². The first-order valence-electron chi connectivity index (χ1n) is 6.78. The van der Waals surface area contributed by atoms with Gasteiger partial charge in [-0.3, -0.25) is 4.79 Å². The van der Waals surface area contributed by atoms with E-state index < -0.39 is 0 Å². The second-order valence-corrected chi connectivity index (χ2v) is 6.13. The van der Waals surface area contributed by atoms with Crippen molar-refractivity contribution >= 4 is 29.1 Å². The van der Waals surface area contributed by atoms with Crippen LogP contribution in [0.2, 0.25) is 10.0 Å². The van der Waals surface area contributed by atoms with Gasteiger partial charge >= 0.3 is 0 Å². The van der Waals surface area contributed by atoms with Crippen LogP contribution in [0.4, 0.5) is 0 Å². The molecule has 0 atom stereocenters. The number of aryl methyl sites for hydroxylation is 1. The van der Waals surface area contributed by atoms with Gasteiger partial charge < -0.3 is 4.90 Å². The van der Waals surface area contributed by atoms with Crippen molar-refractivity contribution in [2.75, 3.05) is 13.1 Å². The highest BCUT2D eigenvalue weighted by Crippen LogP contribution is 2.23. The summed E-state index contributed by atoms with van der Waals surface area (Å²) in [5, 5.41) is 1.11. The third-order valence-electron chi connectivity index (χ3n) is 3.75. The van der Waals surface area contributed by atoms with Gasteiger partial charge in [-0.25, -0.2) is 0 Å². The van der Waals surface area contributed by atoms with Crippen LogP contribution in [-0.4, -0.2) is 23.9 Å². The summed E-state index contributed by atoms with van der Waals surface area (Å²) >= 11 is 11.8. The van der Waals surface area contributed by atoms with Crippen LogP contribution in [0, 0.1) is 5.92 Å². The van der Waals surface area contributed by atoms with E-state index in [4.69, 9.17) is 23.2 Å². The Kier molecular flexibility index (Phi) is 5.12. The molecule has 0 aliphatic carbocycles. The van der Waals surface area contributed by atoms with E-state index in [0.717, 1.165) is 43.8 Å². The third kappa shape index (κ3) is 4.12. The fourth-order valence-electron chi connectivity index (χ4n) is 2.36. The highest BCUT2D eigenvalue weighted by atomic mass is 35.5. The van der Waals surface area contributed by atoms with Crippen molar-refractivity contribution in [3.63, 3.8) is 0 Å². The molecule has 0 bridgehead atoms. The Hall–Kier alpha value is -0.730. The van der Waals surface area contributed by atoms with Crippen LogP contribution in [0.25, 0.3) is 0 Å². The smallest absolute Gasteiger partial charge is 0.222 e. The van der Waals surface area contributed by atoms with Crippen molar-refractivity contribution in [1.82, 2.24) is 4.90 Å². The van der Waals surface area contributed by atoms with Gasteiger partial charge in [-0.2, -0.15) is 0 Å². The van der Waals surface area contributed by atoms with E-state index in [-0.39, 0.29) is 5.91 Å². The average Bonchev–Trinajstić information content (AvgIpc) is 2.40. The Balaban J connectivity index is 1.84. The number of halogens is 2. The number of nitrogens with zero attached hydrogens (tertiary/aromatic N) is 1. The maximum absolute atomic E-state index is 12.1. The molecule has 0 unspecified atom stereocenters. The van der Waals surface area contributed by atoms with Crippen molar-refractivity contribution in [3.05, 3.63) is 33.8 Å². The van der Waals surface area contributed by atoms with Crippen molar-refractivity contribution < 1.29 is 4.79 Å². The monoisotopic (exact) mass is 299 g/mol. The first-order valence-corrected chi connectivity index (χ1v) is 7.53. The normalized spacial score (nSPS) is 16.7. The van der Waals surface area contributed by atoms with E-state index in [9.17, 15) is 4.79 Å². The molecular weight excluding hydrogens is 281 g/mol. The number of rotatable bonds is 3. The van der Waals surface area contributed by atoms with E-state index in [1.807, 2.05) is 17.0 Å². The number of hydrogen-bond donors (Lipinski definition) is 0. The molecule has 0 aromatic heterocycles. The Labute approximate surface area is 124 Å². The summed E-state index contributed by atoms with van der Waals surface area (Å²) in [6.07, 6.45) is 3.52. The minimum Gasteiger partial charge on any atom is -0.343 e. The molecule has 1 aliphatic rings. The van der Waals surface area contributed by atoms with Gasteiger partial charge in [0.25, 0.3) is 0 Å². The standard InChI is InChI=1S/C15H19Cl2NO/c1-11-6-8-18(9-7-11)15(19)5-3-12-2-4-13(16)14(17)10-12/h2,4,10-11H,3,5-9H2,1H3. The predicted molar refractivity (Wildman–Crippen MR) is 79.8 cm³/mol. The third-order valence-corrected chi connectivity index (χ3v) is 4.49. The van der Waals surface area contributed by atoms with Crippen molar-refractivity contribution in [2.45, 2.75) is 32.6 Å².